The highest BCUT2D eigenvalue weighted by Gasteiger charge is 2.22. The minimum Gasteiger partial charge on any atom is -0.340 e. The Kier molecular flexibility index (Phi) is 4.15. The van der Waals surface area contributed by atoms with Crippen LogP contribution in [0.3, 0.4) is 0 Å². The minimum atomic E-state index is 0.601. The van der Waals surface area contributed by atoms with Gasteiger partial charge in [0.25, 0.3) is 0 Å². The molecule has 114 valence electrons. The molecule has 1 aliphatic rings. The zero-order valence-corrected chi connectivity index (χ0v) is 13.3. The molecule has 2 heterocycles. The number of rotatable bonds is 5. The van der Waals surface area contributed by atoms with Gasteiger partial charge in [0.2, 0.25) is 5.95 Å². The molecule has 0 bridgehead atoms. The van der Waals surface area contributed by atoms with Crippen molar-refractivity contribution in [1.82, 2.24) is 14.9 Å². The number of imidazole rings is 1. The van der Waals surface area contributed by atoms with E-state index in [-0.39, 0.29) is 0 Å². The average molecular weight is 286 g/mol. The van der Waals surface area contributed by atoms with Crippen LogP contribution in [0, 0.1) is 5.92 Å². The van der Waals surface area contributed by atoms with Gasteiger partial charge in [0.05, 0.1) is 11.0 Å². The van der Waals surface area contributed by atoms with Crippen molar-refractivity contribution in [3.8, 4) is 0 Å². The molecule has 1 saturated heterocycles. The van der Waals surface area contributed by atoms with E-state index in [1.54, 1.807) is 0 Å². The molecular formula is C17H26N4. The van der Waals surface area contributed by atoms with E-state index in [1.807, 2.05) is 0 Å². The van der Waals surface area contributed by atoms with E-state index in [0.29, 0.717) is 12.0 Å². The Hall–Kier alpha value is -1.55. The second-order valence-electron chi connectivity index (χ2n) is 6.55. The molecule has 1 aromatic heterocycles. The molecule has 1 aromatic carbocycles. The number of hydrogen-bond donors (Lipinski definition) is 1. The molecule has 4 nitrogen and oxygen atoms in total. The van der Waals surface area contributed by atoms with E-state index in [2.05, 4.69) is 59.9 Å². The molecule has 0 spiro atoms. The molecule has 0 amide bonds. The van der Waals surface area contributed by atoms with Crippen LogP contribution < -0.4 is 10.2 Å². The summed E-state index contributed by atoms with van der Waals surface area (Å²) < 4.78 is 2.23. The van der Waals surface area contributed by atoms with E-state index >= 15 is 0 Å². The molecule has 2 aromatic rings. The standard InChI is InChI=1S/C17H26N4/c1-13(2)11-21(12-14-7-6-10-18-14)17-19-15-8-4-5-9-16(15)20(17)3/h4-5,8-9,13-14,18H,6-7,10-12H2,1-3H3. The first-order chi connectivity index (χ1) is 10.1. The normalized spacial score (nSPS) is 18.8. The lowest BCUT2D eigenvalue weighted by molar-refractivity contribution is 0.530. The molecule has 0 radical (unpaired) electrons. The summed E-state index contributed by atoms with van der Waals surface area (Å²) in [5.41, 5.74) is 2.30. The maximum absolute atomic E-state index is 4.87. The lowest BCUT2D eigenvalue weighted by atomic mass is 10.1. The highest BCUT2D eigenvalue weighted by Crippen LogP contribution is 2.23. The van der Waals surface area contributed by atoms with Gasteiger partial charge in [-0.25, -0.2) is 4.98 Å². The second-order valence-corrected chi connectivity index (χ2v) is 6.55. The van der Waals surface area contributed by atoms with Crippen molar-refractivity contribution in [2.75, 3.05) is 24.5 Å². The number of nitrogens with zero attached hydrogens (tertiary/aromatic N) is 3. The van der Waals surface area contributed by atoms with Gasteiger partial charge in [0.1, 0.15) is 0 Å². The van der Waals surface area contributed by atoms with Gasteiger partial charge < -0.3 is 14.8 Å². The van der Waals surface area contributed by atoms with Gasteiger partial charge in [-0.2, -0.15) is 0 Å². The monoisotopic (exact) mass is 286 g/mol. The lowest BCUT2D eigenvalue weighted by Crippen LogP contribution is -2.40. The first-order valence-electron chi connectivity index (χ1n) is 8.05. The second kappa shape index (κ2) is 6.06. The SMILES string of the molecule is CC(C)CN(CC1CCCN1)c1nc2ccccc2n1C. The predicted octanol–water partition coefficient (Wildman–Crippen LogP) is 2.79. The highest BCUT2D eigenvalue weighted by atomic mass is 15.3. The smallest absolute Gasteiger partial charge is 0.206 e. The average Bonchev–Trinajstić information content (AvgIpc) is 3.06. The van der Waals surface area contributed by atoms with E-state index in [9.17, 15) is 0 Å². The summed E-state index contributed by atoms with van der Waals surface area (Å²) in [6, 6.07) is 8.99. The van der Waals surface area contributed by atoms with Crippen LogP contribution in [0.4, 0.5) is 5.95 Å². The summed E-state index contributed by atoms with van der Waals surface area (Å²) >= 11 is 0. The number of benzene rings is 1. The Morgan fingerprint density at radius 1 is 1.38 bits per heavy atom. The van der Waals surface area contributed by atoms with Crippen LogP contribution in [0.1, 0.15) is 26.7 Å². The molecule has 0 saturated carbocycles. The van der Waals surface area contributed by atoms with E-state index in [0.717, 1.165) is 31.1 Å². The Morgan fingerprint density at radius 2 is 2.19 bits per heavy atom. The molecule has 1 N–H and O–H groups in total. The van der Waals surface area contributed by atoms with Crippen LogP contribution in [0.2, 0.25) is 0 Å². The Balaban J connectivity index is 1.90. The fourth-order valence-corrected chi connectivity index (χ4v) is 3.27. The molecule has 21 heavy (non-hydrogen) atoms. The zero-order valence-electron chi connectivity index (χ0n) is 13.3. The van der Waals surface area contributed by atoms with Crippen LogP contribution in [0.15, 0.2) is 24.3 Å². The number of aromatic nitrogens is 2. The van der Waals surface area contributed by atoms with Gasteiger partial charge in [0.15, 0.2) is 0 Å². The zero-order chi connectivity index (χ0) is 14.8. The van der Waals surface area contributed by atoms with Crippen LogP contribution in [0.25, 0.3) is 11.0 Å². The molecule has 4 heteroatoms. The van der Waals surface area contributed by atoms with Crippen LogP contribution >= 0.6 is 0 Å². The number of nitrogens with one attached hydrogen (secondary N) is 1. The molecule has 3 rings (SSSR count). The third kappa shape index (κ3) is 3.05. The fraction of sp³-hybridized carbons (Fsp3) is 0.588. The van der Waals surface area contributed by atoms with Gasteiger partial charge in [0, 0.05) is 26.2 Å². The third-order valence-electron chi connectivity index (χ3n) is 4.24. The van der Waals surface area contributed by atoms with Gasteiger partial charge in [-0.15, -0.1) is 0 Å². The number of hydrogen-bond acceptors (Lipinski definition) is 3. The van der Waals surface area contributed by atoms with Crippen molar-refractivity contribution < 1.29 is 0 Å². The fourth-order valence-electron chi connectivity index (χ4n) is 3.27. The van der Waals surface area contributed by atoms with Gasteiger partial charge in [-0.1, -0.05) is 26.0 Å². The lowest BCUT2D eigenvalue weighted by Gasteiger charge is -2.28. The van der Waals surface area contributed by atoms with Crippen molar-refractivity contribution in [3.63, 3.8) is 0 Å². The maximum atomic E-state index is 4.87. The minimum absolute atomic E-state index is 0.601. The van der Waals surface area contributed by atoms with Crippen molar-refractivity contribution in [2.45, 2.75) is 32.7 Å². The molecule has 1 aliphatic heterocycles. The van der Waals surface area contributed by atoms with Gasteiger partial charge in [-0.05, 0) is 37.4 Å². The molecule has 1 atom stereocenters. The summed E-state index contributed by atoms with van der Waals surface area (Å²) in [4.78, 5) is 7.32. The van der Waals surface area contributed by atoms with Crippen molar-refractivity contribution in [2.24, 2.45) is 13.0 Å². The number of para-hydroxylation sites is 2. The van der Waals surface area contributed by atoms with Crippen LogP contribution in [-0.4, -0.2) is 35.2 Å². The summed E-state index contributed by atoms with van der Waals surface area (Å²) in [7, 11) is 2.13. The maximum Gasteiger partial charge on any atom is 0.206 e. The number of aryl methyl sites for hydroxylation is 1. The van der Waals surface area contributed by atoms with Crippen LogP contribution in [-0.2, 0) is 7.05 Å². The molecule has 0 aliphatic carbocycles. The van der Waals surface area contributed by atoms with Crippen molar-refractivity contribution in [3.05, 3.63) is 24.3 Å². The Morgan fingerprint density at radius 3 is 2.86 bits per heavy atom. The highest BCUT2D eigenvalue weighted by molar-refractivity contribution is 5.78. The predicted molar refractivity (Wildman–Crippen MR) is 88.8 cm³/mol. The summed E-state index contributed by atoms with van der Waals surface area (Å²) in [6.07, 6.45) is 2.57. The summed E-state index contributed by atoms with van der Waals surface area (Å²) in [5.74, 6) is 1.73. The van der Waals surface area contributed by atoms with Gasteiger partial charge >= 0.3 is 0 Å². The van der Waals surface area contributed by atoms with Crippen LogP contribution in [0.5, 0.6) is 0 Å². The quantitative estimate of drug-likeness (QED) is 0.917. The largest absolute Gasteiger partial charge is 0.340 e. The molecule has 1 fully saturated rings. The molecule has 1 unspecified atom stereocenters. The number of anilines is 1. The Bertz CT molecular complexity index is 596. The Labute approximate surface area is 127 Å². The summed E-state index contributed by atoms with van der Waals surface area (Å²) in [5, 5.41) is 3.60. The molecular weight excluding hydrogens is 260 g/mol. The van der Waals surface area contributed by atoms with Crippen molar-refractivity contribution >= 4 is 17.0 Å². The van der Waals surface area contributed by atoms with E-state index < -0.39 is 0 Å². The van der Waals surface area contributed by atoms with E-state index in [4.69, 9.17) is 4.98 Å². The third-order valence-corrected chi connectivity index (χ3v) is 4.24. The van der Waals surface area contributed by atoms with Crippen molar-refractivity contribution in [1.29, 1.82) is 0 Å². The summed E-state index contributed by atoms with van der Waals surface area (Å²) in [6.45, 7) is 7.81. The first kappa shape index (κ1) is 14.4. The first-order valence-corrected chi connectivity index (χ1v) is 8.05. The van der Waals surface area contributed by atoms with E-state index in [1.165, 1.54) is 18.4 Å². The topological polar surface area (TPSA) is 33.1 Å². The number of fused-ring (bicyclic) bond motifs is 1. The van der Waals surface area contributed by atoms with Gasteiger partial charge in [-0.3, -0.25) is 0 Å².